The number of allylic oxidation sites excluding steroid dienone is 2. The highest BCUT2D eigenvalue weighted by atomic mass is 19.2. The smallest absolute Gasteiger partial charge is 0.159 e. The summed E-state index contributed by atoms with van der Waals surface area (Å²) in [7, 11) is 0. The first-order valence-corrected chi connectivity index (χ1v) is 12.3. The summed E-state index contributed by atoms with van der Waals surface area (Å²) in [5.74, 6) is 5.35. The Morgan fingerprint density at radius 2 is 1.47 bits per heavy atom. The quantitative estimate of drug-likeness (QED) is 0.255. The van der Waals surface area contributed by atoms with Crippen LogP contribution in [0.2, 0.25) is 0 Å². The summed E-state index contributed by atoms with van der Waals surface area (Å²) < 4.78 is 41.6. The second-order valence-electron chi connectivity index (χ2n) is 9.46. The van der Waals surface area contributed by atoms with Gasteiger partial charge in [0, 0.05) is 5.56 Å². The lowest BCUT2D eigenvalue weighted by Crippen LogP contribution is -2.15. The molecule has 1 aliphatic carbocycles. The number of hydrogen-bond donors (Lipinski definition) is 0. The Bertz CT molecular complexity index is 1220. The topological polar surface area (TPSA) is 0 Å². The van der Waals surface area contributed by atoms with E-state index in [2.05, 4.69) is 30.9 Å². The van der Waals surface area contributed by atoms with Crippen LogP contribution in [0.1, 0.15) is 68.6 Å². The molecule has 0 heterocycles. The van der Waals surface area contributed by atoms with Gasteiger partial charge in [-0.2, -0.15) is 0 Å². The average molecular weight is 461 g/mol. The van der Waals surface area contributed by atoms with Crippen LogP contribution in [0.3, 0.4) is 0 Å². The predicted molar refractivity (Wildman–Crippen MR) is 134 cm³/mol. The van der Waals surface area contributed by atoms with Crippen molar-refractivity contribution in [2.75, 3.05) is 0 Å². The molecule has 3 aromatic rings. The summed E-state index contributed by atoms with van der Waals surface area (Å²) in [6.45, 7) is 2.08. The summed E-state index contributed by atoms with van der Waals surface area (Å²) in [5.41, 5.74) is 1.99. The van der Waals surface area contributed by atoms with Gasteiger partial charge >= 0.3 is 0 Å². The minimum Gasteiger partial charge on any atom is -0.206 e. The van der Waals surface area contributed by atoms with Crippen molar-refractivity contribution >= 4 is 10.8 Å². The third-order valence-corrected chi connectivity index (χ3v) is 7.04. The number of hydrogen-bond acceptors (Lipinski definition) is 0. The minimum absolute atomic E-state index is 0.313. The fourth-order valence-corrected chi connectivity index (χ4v) is 4.95. The largest absolute Gasteiger partial charge is 0.206 e. The van der Waals surface area contributed by atoms with Crippen LogP contribution in [-0.2, 0) is 6.42 Å². The van der Waals surface area contributed by atoms with Crippen LogP contribution in [0.25, 0.3) is 10.8 Å². The van der Waals surface area contributed by atoms with Gasteiger partial charge in [-0.3, -0.25) is 0 Å². The van der Waals surface area contributed by atoms with E-state index in [1.165, 1.54) is 38.5 Å². The zero-order valence-corrected chi connectivity index (χ0v) is 19.7. The number of halogens is 3. The Morgan fingerprint density at radius 3 is 2.18 bits per heavy atom. The summed E-state index contributed by atoms with van der Waals surface area (Å²) in [6, 6.07) is 12.7. The van der Waals surface area contributed by atoms with Crippen LogP contribution in [0.4, 0.5) is 13.2 Å². The van der Waals surface area contributed by atoms with Gasteiger partial charge in [-0.1, -0.05) is 61.8 Å². The first kappa shape index (κ1) is 24.1. The molecule has 0 nitrogen and oxygen atoms in total. The van der Waals surface area contributed by atoms with Crippen molar-refractivity contribution < 1.29 is 13.2 Å². The van der Waals surface area contributed by atoms with Gasteiger partial charge in [0.25, 0.3) is 0 Å². The van der Waals surface area contributed by atoms with Gasteiger partial charge in [-0.15, -0.1) is 0 Å². The molecule has 0 spiro atoms. The zero-order valence-electron chi connectivity index (χ0n) is 19.7. The lowest BCUT2D eigenvalue weighted by molar-refractivity contribution is 0.254. The first-order valence-electron chi connectivity index (χ1n) is 12.3. The molecule has 176 valence electrons. The van der Waals surface area contributed by atoms with E-state index in [0.29, 0.717) is 21.9 Å². The Balaban J connectivity index is 1.33. The maximum Gasteiger partial charge on any atom is 0.159 e. The molecule has 0 aromatic heterocycles. The maximum atomic E-state index is 14.7. The normalized spacial score (nSPS) is 18.2. The fourth-order valence-electron chi connectivity index (χ4n) is 4.95. The molecule has 1 aliphatic rings. The summed E-state index contributed by atoms with van der Waals surface area (Å²) >= 11 is 0. The van der Waals surface area contributed by atoms with Gasteiger partial charge in [0.2, 0.25) is 0 Å². The van der Waals surface area contributed by atoms with Gasteiger partial charge < -0.3 is 0 Å². The molecule has 4 rings (SSSR count). The Labute approximate surface area is 200 Å². The van der Waals surface area contributed by atoms with Crippen LogP contribution in [0.15, 0.2) is 60.7 Å². The number of rotatable bonds is 6. The van der Waals surface area contributed by atoms with Gasteiger partial charge in [0.15, 0.2) is 11.6 Å². The standard InChI is InChI=1S/C31H31F3/c1-2-3-4-5-22-6-8-23(9-7-22)10-11-25-13-16-26(29(32)19-25)15-12-24-14-17-27-20-30(33)31(34)21-28(27)18-24/h2-3,13-14,16-23H,4-11H2,1H3/b3-2+. The van der Waals surface area contributed by atoms with Crippen LogP contribution < -0.4 is 0 Å². The molecular formula is C31H31F3. The molecule has 0 N–H and O–H groups in total. The third-order valence-electron chi connectivity index (χ3n) is 7.04. The molecule has 1 fully saturated rings. The molecule has 0 amide bonds. The zero-order chi connectivity index (χ0) is 23.9. The second kappa shape index (κ2) is 11.4. The molecule has 0 unspecified atom stereocenters. The highest BCUT2D eigenvalue weighted by Crippen LogP contribution is 2.34. The molecule has 0 bridgehead atoms. The van der Waals surface area contributed by atoms with Gasteiger partial charge in [-0.05, 0) is 97.2 Å². The van der Waals surface area contributed by atoms with E-state index in [-0.39, 0.29) is 5.82 Å². The van der Waals surface area contributed by atoms with Crippen LogP contribution in [0.5, 0.6) is 0 Å². The Kier molecular flexibility index (Phi) is 8.12. The molecule has 3 heteroatoms. The number of fused-ring (bicyclic) bond motifs is 1. The van der Waals surface area contributed by atoms with Crippen molar-refractivity contribution in [3.05, 3.63) is 94.8 Å². The summed E-state index contributed by atoms with van der Waals surface area (Å²) in [5, 5.41) is 1.16. The molecule has 34 heavy (non-hydrogen) atoms. The van der Waals surface area contributed by atoms with E-state index in [9.17, 15) is 13.2 Å². The van der Waals surface area contributed by atoms with E-state index in [1.54, 1.807) is 30.3 Å². The van der Waals surface area contributed by atoms with E-state index >= 15 is 0 Å². The molecular weight excluding hydrogens is 429 g/mol. The van der Waals surface area contributed by atoms with Gasteiger partial charge in [0.1, 0.15) is 5.82 Å². The molecule has 0 radical (unpaired) electrons. The molecule has 3 aromatic carbocycles. The van der Waals surface area contributed by atoms with Crippen molar-refractivity contribution in [2.24, 2.45) is 11.8 Å². The van der Waals surface area contributed by atoms with Gasteiger partial charge in [0.05, 0.1) is 5.56 Å². The van der Waals surface area contributed by atoms with Crippen molar-refractivity contribution in [1.82, 2.24) is 0 Å². The SMILES string of the molecule is C/C=C/CCC1CCC(CCc2ccc(C#Cc3ccc4cc(F)c(F)cc4c3)c(F)c2)CC1. The molecule has 1 saturated carbocycles. The monoisotopic (exact) mass is 460 g/mol. The maximum absolute atomic E-state index is 14.7. The van der Waals surface area contributed by atoms with E-state index in [0.717, 1.165) is 42.4 Å². The molecule has 0 atom stereocenters. The average Bonchev–Trinajstić information content (AvgIpc) is 2.84. The highest BCUT2D eigenvalue weighted by Gasteiger charge is 2.20. The molecule has 0 saturated heterocycles. The first-order chi connectivity index (χ1) is 16.5. The Morgan fingerprint density at radius 1 is 0.765 bits per heavy atom. The van der Waals surface area contributed by atoms with E-state index in [1.807, 2.05) is 6.07 Å². The number of aryl methyl sites for hydroxylation is 1. The fraction of sp³-hybridized carbons (Fsp3) is 0.355. The van der Waals surface area contributed by atoms with Crippen molar-refractivity contribution in [1.29, 1.82) is 0 Å². The highest BCUT2D eigenvalue weighted by molar-refractivity contribution is 5.84. The minimum atomic E-state index is -0.892. The van der Waals surface area contributed by atoms with Crippen LogP contribution in [-0.4, -0.2) is 0 Å². The van der Waals surface area contributed by atoms with Crippen LogP contribution >= 0.6 is 0 Å². The van der Waals surface area contributed by atoms with Gasteiger partial charge in [-0.25, -0.2) is 13.2 Å². The van der Waals surface area contributed by atoms with E-state index < -0.39 is 11.6 Å². The van der Waals surface area contributed by atoms with Crippen molar-refractivity contribution in [2.45, 2.75) is 58.3 Å². The van der Waals surface area contributed by atoms with Crippen LogP contribution in [0, 0.1) is 41.1 Å². The number of benzene rings is 3. The lowest BCUT2D eigenvalue weighted by Gasteiger charge is -2.28. The predicted octanol–water partition coefficient (Wildman–Crippen LogP) is 8.75. The van der Waals surface area contributed by atoms with Crippen molar-refractivity contribution in [3.8, 4) is 11.8 Å². The second-order valence-corrected chi connectivity index (χ2v) is 9.46. The summed E-state index contributed by atoms with van der Waals surface area (Å²) in [6.07, 6.45) is 14.1. The lowest BCUT2D eigenvalue weighted by atomic mass is 9.78. The van der Waals surface area contributed by atoms with E-state index in [4.69, 9.17) is 0 Å². The summed E-state index contributed by atoms with van der Waals surface area (Å²) in [4.78, 5) is 0. The Hall–Kier alpha value is -2.99. The van der Waals surface area contributed by atoms with Crippen molar-refractivity contribution in [3.63, 3.8) is 0 Å². The third kappa shape index (κ3) is 6.32. The molecule has 0 aliphatic heterocycles.